The molecule has 4 rings (SSSR count). The summed E-state index contributed by atoms with van der Waals surface area (Å²) >= 11 is 0. The van der Waals surface area contributed by atoms with Crippen LogP contribution in [0, 0.1) is 18.7 Å². The Kier molecular flexibility index (Phi) is 6.68. The van der Waals surface area contributed by atoms with Gasteiger partial charge in [0.15, 0.2) is 0 Å². The fraction of sp³-hybridized carbons (Fsp3) is 0.480. The first-order chi connectivity index (χ1) is 14.6. The fourth-order valence-electron chi connectivity index (χ4n) is 4.68. The summed E-state index contributed by atoms with van der Waals surface area (Å²) in [7, 11) is 0. The van der Waals surface area contributed by atoms with Crippen LogP contribution in [0.1, 0.15) is 36.0 Å². The van der Waals surface area contributed by atoms with E-state index in [9.17, 15) is 9.18 Å². The maximum absolute atomic E-state index is 14.3. The molecule has 0 radical (unpaired) electrons. The molecule has 2 heterocycles. The van der Waals surface area contributed by atoms with Crippen molar-refractivity contribution >= 4 is 11.6 Å². The summed E-state index contributed by atoms with van der Waals surface area (Å²) in [4.78, 5) is 17.2. The van der Waals surface area contributed by atoms with Crippen molar-refractivity contribution in [2.45, 2.75) is 39.2 Å². The van der Waals surface area contributed by atoms with Crippen LogP contribution in [0.4, 0.5) is 10.1 Å². The lowest BCUT2D eigenvalue weighted by Crippen LogP contribution is -2.44. The van der Waals surface area contributed by atoms with Gasteiger partial charge in [-0.25, -0.2) is 4.39 Å². The van der Waals surface area contributed by atoms with E-state index in [2.05, 4.69) is 34.5 Å². The minimum atomic E-state index is -0.195. The number of aryl methyl sites for hydroxylation is 1. The molecule has 30 heavy (non-hydrogen) atoms. The van der Waals surface area contributed by atoms with E-state index in [0.29, 0.717) is 18.8 Å². The molecule has 1 amide bonds. The van der Waals surface area contributed by atoms with Crippen molar-refractivity contribution in [1.29, 1.82) is 0 Å². The summed E-state index contributed by atoms with van der Waals surface area (Å²) in [5.74, 6) is -0.156. The van der Waals surface area contributed by atoms with Gasteiger partial charge in [0.1, 0.15) is 5.82 Å². The Bertz CT molecular complexity index is 884. The van der Waals surface area contributed by atoms with Gasteiger partial charge < -0.3 is 10.2 Å². The molecule has 0 aliphatic carbocycles. The van der Waals surface area contributed by atoms with Gasteiger partial charge in [-0.05, 0) is 61.4 Å². The summed E-state index contributed by atoms with van der Waals surface area (Å²) in [6.07, 6.45) is 3.85. The number of benzene rings is 2. The highest BCUT2D eigenvalue weighted by atomic mass is 19.1. The van der Waals surface area contributed by atoms with Crippen LogP contribution in [0.3, 0.4) is 0 Å². The van der Waals surface area contributed by atoms with Gasteiger partial charge in [-0.3, -0.25) is 9.69 Å². The molecular weight excluding hydrogens is 377 g/mol. The average molecular weight is 410 g/mol. The topological polar surface area (TPSA) is 35.6 Å². The van der Waals surface area contributed by atoms with E-state index in [4.69, 9.17) is 0 Å². The molecule has 2 aromatic carbocycles. The quantitative estimate of drug-likeness (QED) is 0.735. The van der Waals surface area contributed by atoms with Crippen LogP contribution in [0.25, 0.3) is 0 Å². The highest BCUT2D eigenvalue weighted by Crippen LogP contribution is 2.26. The van der Waals surface area contributed by atoms with Crippen molar-refractivity contribution < 1.29 is 9.18 Å². The normalized spacial score (nSPS) is 19.4. The minimum absolute atomic E-state index is 0.0682. The third-order valence-corrected chi connectivity index (χ3v) is 6.40. The first-order valence-electron chi connectivity index (χ1n) is 11.2. The Balaban J connectivity index is 1.21. The average Bonchev–Trinajstić information content (AvgIpc) is 2.76. The zero-order chi connectivity index (χ0) is 20.9. The molecule has 0 spiro atoms. The number of hydrogen-bond acceptors (Lipinski definition) is 3. The zero-order valence-corrected chi connectivity index (χ0v) is 17.9. The van der Waals surface area contributed by atoms with E-state index in [1.807, 2.05) is 24.0 Å². The Labute approximate surface area is 179 Å². The molecule has 1 fully saturated rings. The highest BCUT2D eigenvalue weighted by Gasteiger charge is 2.27. The van der Waals surface area contributed by atoms with Crippen LogP contribution in [-0.4, -0.2) is 43.5 Å². The van der Waals surface area contributed by atoms with E-state index >= 15 is 0 Å². The van der Waals surface area contributed by atoms with Crippen LogP contribution in [0.2, 0.25) is 0 Å². The molecule has 0 aromatic heterocycles. The number of fused-ring (bicyclic) bond motifs is 1. The van der Waals surface area contributed by atoms with Crippen molar-refractivity contribution in [2.24, 2.45) is 5.92 Å². The number of nitrogens with zero attached hydrogens (tertiary/aromatic N) is 2. The third-order valence-electron chi connectivity index (χ3n) is 6.40. The Hall–Kier alpha value is -2.40. The number of carbonyl (C=O) groups excluding carboxylic acids is 1. The predicted octanol–water partition coefficient (Wildman–Crippen LogP) is 3.92. The molecule has 0 bridgehead atoms. The van der Waals surface area contributed by atoms with E-state index in [1.165, 1.54) is 11.1 Å². The van der Waals surface area contributed by atoms with E-state index in [1.54, 1.807) is 6.07 Å². The van der Waals surface area contributed by atoms with Crippen LogP contribution >= 0.6 is 0 Å². The molecule has 5 heteroatoms. The van der Waals surface area contributed by atoms with E-state index in [-0.39, 0.29) is 17.6 Å². The Morgan fingerprint density at radius 1 is 1.17 bits per heavy atom. The van der Waals surface area contributed by atoms with Gasteiger partial charge in [-0.1, -0.05) is 30.3 Å². The van der Waals surface area contributed by atoms with Gasteiger partial charge in [0, 0.05) is 39.3 Å². The molecule has 4 nitrogen and oxygen atoms in total. The second-order valence-electron chi connectivity index (χ2n) is 8.68. The first kappa shape index (κ1) is 20.9. The van der Waals surface area contributed by atoms with Gasteiger partial charge in [-0.15, -0.1) is 0 Å². The molecule has 1 N–H and O–H groups in total. The van der Waals surface area contributed by atoms with Gasteiger partial charge in [-0.2, -0.15) is 0 Å². The van der Waals surface area contributed by atoms with Crippen molar-refractivity contribution in [2.75, 3.05) is 37.6 Å². The van der Waals surface area contributed by atoms with Crippen LogP contribution in [-0.2, 0) is 17.8 Å². The number of hydrogen-bond donors (Lipinski definition) is 1. The van der Waals surface area contributed by atoms with Crippen molar-refractivity contribution in [3.63, 3.8) is 0 Å². The lowest BCUT2D eigenvalue weighted by molar-refractivity contribution is -0.125. The van der Waals surface area contributed by atoms with Crippen molar-refractivity contribution in [1.82, 2.24) is 10.2 Å². The van der Waals surface area contributed by atoms with Crippen LogP contribution in [0.5, 0.6) is 0 Å². The largest absolute Gasteiger partial charge is 0.368 e. The summed E-state index contributed by atoms with van der Waals surface area (Å²) in [5.41, 5.74) is 4.43. The SMILES string of the molecule is Cc1ccc(N2CCCC(C(=O)NCCCN3CCc4ccccc4C3)C2)c(F)c1. The Morgan fingerprint density at radius 3 is 2.83 bits per heavy atom. The van der Waals surface area contributed by atoms with Crippen molar-refractivity contribution in [3.05, 3.63) is 65.0 Å². The number of piperidine rings is 1. The summed E-state index contributed by atoms with van der Waals surface area (Å²) in [6, 6.07) is 14.0. The first-order valence-corrected chi connectivity index (χ1v) is 11.2. The second kappa shape index (κ2) is 9.61. The molecule has 1 atom stereocenters. The molecule has 160 valence electrons. The molecule has 2 aromatic rings. The summed E-state index contributed by atoms with van der Waals surface area (Å²) in [5, 5.41) is 3.12. The maximum Gasteiger partial charge on any atom is 0.224 e. The second-order valence-corrected chi connectivity index (χ2v) is 8.68. The molecule has 2 aliphatic rings. The number of anilines is 1. The standard InChI is InChI=1S/C25H32FN3O/c1-19-9-10-24(23(26)16-19)29-14-4-8-22(18-29)25(30)27-12-5-13-28-15-11-20-6-2-3-7-21(20)17-28/h2-3,6-7,9-10,16,22H,4-5,8,11-15,17-18H2,1H3,(H,27,30). The summed E-state index contributed by atoms with van der Waals surface area (Å²) in [6.45, 7) is 7.08. The Morgan fingerprint density at radius 2 is 2.00 bits per heavy atom. The van der Waals surface area contributed by atoms with E-state index in [0.717, 1.165) is 57.4 Å². The molecular formula is C25H32FN3O. The lowest BCUT2D eigenvalue weighted by Gasteiger charge is -2.34. The number of carbonyl (C=O) groups is 1. The third kappa shape index (κ3) is 5.01. The minimum Gasteiger partial charge on any atom is -0.368 e. The smallest absolute Gasteiger partial charge is 0.224 e. The maximum atomic E-state index is 14.3. The summed E-state index contributed by atoms with van der Waals surface area (Å²) < 4.78 is 14.3. The number of nitrogens with one attached hydrogen (secondary N) is 1. The van der Waals surface area contributed by atoms with Gasteiger partial charge in [0.2, 0.25) is 5.91 Å². The predicted molar refractivity (Wildman–Crippen MR) is 119 cm³/mol. The van der Waals surface area contributed by atoms with Gasteiger partial charge in [0.05, 0.1) is 11.6 Å². The highest BCUT2D eigenvalue weighted by molar-refractivity contribution is 5.79. The molecule has 1 saturated heterocycles. The van der Waals surface area contributed by atoms with Crippen LogP contribution in [0.15, 0.2) is 42.5 Å². The zero-order valence-electron chi connectivity index (χ0n) is 17.9. The number of halogens is 1. The fourth-order valence-corrected chi connectivity index (χ4v) is 4.68. The van der Waals surface area contributed by atoms with Crippen LogP contribution < -0.4 is 10.2 Å². The number of amides is 1. The molecule has 1 unspecified atom stereocenters. The molecule has 2 aliphatic heterocycles. The van der Waals surface area contributed by atoms with Gasteiger partial charge >= 0.3 is 0 Å². The lowest BCUT2D eigenvalue weighted by atomic mass is 9.96. The van der Waals surface area contributed by atoms with Gasteiger partial charge in [0.25, 0.3) is 0 Å². The number of rotatable bonds is 6. The van der Waals surface area contributed by atoms with Crippen molar-refractivity contribution in [3.8, 4) is 0 Å². The monoisotopic (exact) mass is 409 g/mol. The molecule has 0 saturated carbocycles. The van der Waals surface area contributed by atoms with E-state index < -0.39 is 0 Å².